The summed E-state index contributed by atoms with van der Waals surface area (Å²) in [5, 5.41) is 8.19. The maximum Gasteiger partial charge on any atom is 0.344 e. The SMILES string of the molecule is CCn1c(F)c(C(=O)O)c(=O)c2c(F)cc(F)c(OC)c21. The summed E-state index contributed by atoms with van der Waals surface area (Å²) >= 11 is 0. The molecule has 21 heavy (non-hydrogen) atoms. The second-order valence-corrected chi connectivity index (χ2v) is 4.14. The largest absolute Gasteiger partial charge is 0.492 e. The molecule has 0 amide bonds. The number of aromatic nitrogens is 1. The maximum atomic E-state index is 14.2. The predicted molar refractivity (Wildman–Crippen MR) is 67.3 cm³/mol. The van der Waals surface area contributed by atoms with Gasteiger partial charge in [-0.2, -0.15) is 4.39 Å². The van der Waals surface area contributed by atoms with Gasteiger partial charge in [0.2, 0.25) is 11.4 Å². The molecule has 2 aromatic rings. The molecule has 1 N–H and O–H groups in total. The Morgan fingerprint density at radius 2 is 1.95 bits per heavy atom. The summed E-state index contributed by atoms with van der Waals surface area (Å²) in [6, 6.07) is 0.395. The first-order valence-corrected chi connectivity index (χ1v) is 5.86. The lowest BCUT2D eigenvalue weighted by atomic mass is 10.1. The molecule has 0 aliphatic carbocycles. The topological polar surface area (TPSA) is 68.5 Å². The van der Waals surface area contributed by atoms with Gasteiger partial charge in [0.05, 0.1) is 12.5 Å². The molecule has 0 fully saturated rings. The van der Waals surface area contributed by atoms with Crippen molar-refractivity contribution in [2.24, 2.45) is 0 Å². The van der Waals surface area contributed by atoms with Crippen LogP contribution in [0.4, 0.5) is 13.2 Å². The molecular formula is C13H10F3NO4. The molecule has 8 heteroatoms. The van der Waals surface area contributed by atoms with Gasteiger partial charge in [-0.25, -0.2) is 13.6 Å². The minimum atomic E-state index is -1.83. The number of methoxy groups -OCH3 is 1. The van der Waals surface area contributed by atoms with E-state index in [0.29, 0.717) is 10.6 Å². The Kier molecular flexibility index (Phi) is 3.63. The van der Waals surface area contributed by atoms with Crippen LogP contribution in [-0.2, 0) is 6.54 Å². The van der Waals surface area contributed by atoms with Gasteiger partial charge in [0.1, 0.15) is 11.3 Å². The van der Waals surface area contributed by atoms with Crippen LogP contribution in [0.3, 0.4) is 0 Å². The van der Waals surface area contributed by atoms with E-state index in [4.69, 9.17) is 9.84 Å². The standard InChI is InChI=1S/C13H10F3NO4/c1-3-17-9-7(5(14)4-6(15)11(9)21-2)10(18)8(12(17)16)13(19)20/h4H,3H2,1-2H3,(H,19,20). The van der Waals surface area contributed by atoms with Crippen LogP contribution in [0.5, 0.6) is 5.75 Å². The molecule has 1 aromatic heterocycles. The van der Waals surface area contributed by atoms with Gasteiger partial charge in [-0.1, -0.05) is 0 Å². The van der Waals surface area contributed by atoms with Crippen molar-refractivity contribution in [3.05, 3.63) is 39.4 Å². The minimum Gasteiger partial charge on any atom is -0.492 e. The Morgan fingerprint density at radius 3 is 2.43 bits per heavy atom. The molecule has 0 spiro atoms. The summed E-state index contributed by atoms with van der Waals surface area (Å²) in [4.78, 5) is 23.0. The third kappa shape index (κ3) is 2.03. The Morgan fingerprint density at radius 1 is 1.33 bits per heavy atom. The van der Waals surface area contributed by atoms with Crippen LogP contribution in [0.1, 0.15) is 17.3 Å². The number of carboxylic acid groups (broad SMARTS) is 1. The smallest absolute Gasteiger partial charge is 0.344 e. The van der Waals surface area contributed by atoms with E-state index in [1.807, 2.05) is 0 Å². The lowest BCUT2D eigenvalue weighted by Gasteiger charge is -2.15. The molecule has 2 rings (SSSR count). The highest BCUT2D eigenvalue weighted by atomic mass is 19.1. The van der Waals surface area contributed by atoms with Gasteiger partial charge in [0.25, 0.3) is 0 Å². The number of benzene rings is 1. The summed E-state index contributed by atoms with van der Waals surface area (Å²) in [5.41, 5.74) is -3.02. The van der Waals surface area contributed by atoms with E-state index in [1.165, 1.54) is 6.92 Å². The molecule has 112 valence electrons. The van der Waals surface area contributed by atoms with E-state index in [2.05, 4.69) is 0 Å². The van der Waals surface area contributed by atoms with Crippen molar-refractivity contribution >= 4 is 16.9 Å². The third-order valence-electron chi connectivity index (χ3n) is 3.06. The Hall–Kier alpha value is -2.51. The molecule has 0 bridgehead atoms. The Balaban J connectivity index is 3.22. The lowest BCUT2D eigenvalue weighted by Crippen LogP contribution is -2.24. The zero-order chi connectivity index (χ0) is 15.9. The fraction of sp³-hybridized carbons (Fsp3) is 0.231. The second kappa shape index (κ2) is 5.12. The van der Waals surface area contributed by atoms with Gasteiger partial charge in [0, 0.05) is 12.6 Å². The van der Waals surface area contributed by atoms with Gasteiger partial charge in [-0.15, -0.1) is 0 Å². The van der Waals surface area contributed by atoms with Crippen molar-refractivity contribution in [3.8, 4) is 5.75 Å². The zero-order valence-electron chi connectivity index (χ0n) is 11.0. The fourth-order valence-corrected chi connectivity index (χ4v) is 2.19. The van der Waals surface area contributed by atoms with Crippen LogP contribution < -0.4 is 10.2 Å². The second-order valence-electron chi connectivity index (χ2n) is 4.14. The summed E-state index contributed by atoms with van der Waals surface area (Å²) in [6.07, 6.45) is 0. The minimum absolute atomic E-state index is 0.151. The molecule has 0 saturated heterocycles. The molecule has 0 radical (unpaired) electrons. The fourth-order valence-electron chi connectivity index (χ4n) is 2.19. The van der Waals surface area contributed by atoms with Crippen LogP contribution in [-0.4, -0.2) is 22.8 Å². The van der Waals surface area contributed by atoms with Crippen LogP contribution in [0.15, 0.2) is 10.9 Å². The predicted octanol–water partition coefficient (Wildman–Crippen LogP) is 2.15. The van der Waals surface area contributed by atoms with Crippen molar-refractivity contribution in [3.63, 3.8) is 0 Å². The van der Waals surface area contributed by atoms with Gasteiger partial charge >= 0.3 is 5.97 Å². The number of fused-ring (bicyclic) bond motifs is 1. The van der Waals surface area contributed by atoms with E-state index in [1.54, 1.807) is 0 Å². The van der Waals surface area contributed by atoms with Crippen LogP contribution in [0, 0.1) is 17.6 Å². The average Bonchev–Trinajstić information content (AvgIpc) is 2.38. The highest BCUT2D eigenvalue weighted by molar-refractivity contribution is 5.95. The molecule has 0 unspecified atom stereocenters. The quantitative estimate of drug-likeness (QED) is 0.882. The molecule has 0 aliphatic rings. The van der Waals surface area contributed by atoms with Crippen molar-refractivity contribution in [1.29, 1.82) is 0 Å². The highest BCUT2D eigenvalue weighted by Gasteiger charge is 2.27. The summed E-state index contributed by atoms with van der Waals surface area (Å²) in [5.74, 6) is -6.14. The Bertz CT molecular complexity index is 814. The molecule has 1 heterocycles. The van der Waals surface area contributed by atoms with Crippen molar-refractivity contribution in [1.82, 2.24) is 4.57 Å². The van der Waals surface area contributed by atoms with E-state index >= 15 is 0 Å². The number of aromatic carboxylic acids is 1. The highest BCUT2D eigenvalue weighted by Crippen LogP contribution is 2.30. The number of halogens is 3. The van der Waals surface area contributed by atoms with Crippen molar-refractivity contribution < 1.29 is 27.8 Å². The molecule has 0 aliphatic heterocycles. The van der Waals surface area contributed by atoms with Crippen LogP contribution in [0.2, 0.25) is 0 Å². The number of aryl methyl sites for hydroxylation is 1. The first kappa shape index (κ1) is 14.9. The number of nitrogens with zero attached hydrogens (tertiary/aromatic N) is 1. The lowest BCUT2D eigenvalue weighted by molar-refractivity contribution is 0.0688. The number of rotatable bonds is 3. The van der Waals surface area contributed by atoms with Crippen LogP contribution in [0.25, 0.3) is 10.9 Å². The summed E-state index contributed by atoms with van der Waals surface area (Å²) in [7, 11) is 1.07. The molecule has 1 aromatic carbocycles. The first-order valence-electron chi connectivity index (χ1n) is 5.86. The average molecular weight is 301 g/mol. The normalized spacial score (nSPS) is 10.9. The van der Waals surface area contributed by atoms with E-state index < -0.39 is 51.2 Å². The van der Waals surface area contributed by atoms with E-state index in [-0.39, 0.29) is 6.54 Å². The van der Waals surface area contributed by atoms with Crippen LogP contribution >= 0.6 is 0 Å². The maximum absolute atomic E-state index is 14.2. The Labute approximate surface area is 116 Å². The monoisotopic (exact) mass is 301 g/mol. The molecule has 0 atom stereocenters. The number of ether oxygens (including phenoxy) is 1. The number of hydrogen-bond acceptors (Lipinski definition) is 3. The van der Waals surface area contributed by atoms with Gasteiger partial charge in [-0.05, 0) is 6.92 Å². The van der Waals surface area contributed by atoms with E-state index in [0.717, 1.165) is 7.11 Å². The molecule has 5 nitrogen and oxygen atoms in total. The summed E-state index contributed by atoms with van der Waals surface area (Å²) < 4.78 is 47.2. The van der Waals surface area contributed by atoms with Crippen molar-refractivity contribution in [2.75, 3.05) is 7.11 Å². The van der Waals surface area contributed by atoms with Gasteiger partial charge < -0.3 is 14.4 Å². The van der Waals surface area contributed by atoms with Gasteiger partial charge in [0.15, 0.2) is 17.1 Å². The number of pyridine rings is 1. The van der Waals surface area contributed by atoms with E-state index in [9.17, 15) is 22.8 Å². The van der Waals surface area contributed by atoms with Gasteiger partial charge in [-0.3, -0.25) is 4.79 Å². The number of carbonyl (C=O) groups is 1. The third-order valence-corrected chi connectivity index (χ3v) is 3.06. The number of hydrogen-bond donors (Lipinski definition) is 1. The first-order chi connectivity index (χ1) is 9.84. The molecule has 0 saturated carbocycles. The summed E-state index contributed by atoms with van der Waals surface area (Å²) in [6.45, 7) is 1.28. The molecular weight excluding hydrogens is 291 g/mol. The van der Waals surface area contributed by atoms with Crippen molar-refractivity contribution in [2.45, 2.75) is 13.5 Å². The zero-order valence-corrected chi connectivity index (χ0v) is 11.0. The number of carboxylic acids is 1.